The van der Waals surface area contributed by atoms with Crippen LogP contribution >= 0.6 is 11.8 Å². The van der Waals surface area contributed by atoms with E-state index in [-0.39, 0.29) is 11.6 Å². The molecule has 6 nitrogen and oxygen atoms in total. The van der Waals surface area contributed by atoms with Gasteiger partial charge in [0, 0.05) is 11.0 Å². The highest BCUT2D eigenvalue weighted by Crippen LogP contribution is 2.31. The number of benzene rings is 1. The zero-order chi connectivity index (χ0) is 14.5. The molecule has 20 heavy (non-hydrogen) atoms. The molecule has 0 bridgehead atoms. The zero-order valence-electron chi connectivity index (χ0n) is 10.9. The number of methoxy groups -OCH3 is 2. The lowest BCUT2D eigenvalue weighted by Crippen LogP contribution is -1.99. The maximum absolute atomic E-state index is 11.2. The average molecular weight is 292 g/mol. The number of rotatable bonds is 5. The van der Waals surface area contributed by atoms with Gasteiger partial charge in [-0.2, -0.15) is 9.97 Å². The molecule has 0 unspecified atom stereocenters. The summed E-state index contributed by atoms with van der Waals surface area (Å²) in [4.78, 5) is 19.9. The Hall–Kier alpha value is -2.28. The van der Waals surface area contributed by atoms with Crippen LogP contribution in [0.4, 0.5) is 0 Å². The quantitative estimate of drug-likeness (QED) is 0.847. The third-order valence-electron chi connectivity index (χ3n) is 2.38. The molecule has 1 aromatic carbocycles. The number of aromatic nitrogens is 2. The Morgan fingerprint density at radius 2 is 1.95 bits per heavy atom. The minimum atomic E-state index is -0.985. The number of carbonyl (C=O) groups is 1. The van der Waals surface area contributed by atoms with Crippen molar-refractivity contribution in [3.05, 3.63) is 35.9 Å². The highest BCUT2D eigenvalue weighted by Gasteiger charge is 2.13. The lowest BCUT2D eigenvalue weighted by Gasteiger charge is -2.07. The summed E-state index contributed by atoms with van der Waals surface area (Å²) < 4.78 is 10.0. The van der Waals surface area contributed by atoms with Crippen molar-refractivity contribution in [2.45, 2.75) is 9.92 Å². The van der Waals surface area contributed by atoms with E-state index in [4.69, 9.17) is 14.6 Å². The minimum absolute atomic E-state index is 0.166. The summed E-state index contributed by atoms with van der Waals surface area (Å²) >= 11 is 1.21. The first-order chi connectivity index (χ1) is 9.63. The van der Waals surface area contributed by atoms with E-state index in [2.05, 4.69) is 9.97 Å². The van der Waals surface area contributed by atoms with Gasteiger partial charge in [-0.15, -0.1) is 0 Å². The number of carboxylic acids is 1. The van der Waals surface area contributed by atoms with Gasteiger partial charge < -0.3 is 14.6 Å². The average Bonchev–Trinajstić information content (AvgIpc) is 2.47. The highest BCUT2D eigenvalue weighted by atomic mass is 32.2. The predicted molar refractivity (Wildman–Crippen MR) is 72.7 cm³/mol. The van der Waals surface area contributed by atoms with E-state index < -0.39 is 5.97 Å². The molecule has 0 fully saturated rings. The van der Waals surface area contributed by atoms with Gasteiger partial charge in [0.05, 0.1) is 19.8 Å². The van der Waals surface area contributed by atoms with Crippen LogP contribution in [-0.2, 0) is 0 Å². The van der Waals surface area contributed by atoms with E-state index >= 15 is 0 Å². The van der Waals surface area contributed by atoms with Gasteiger partial charge >= 0.3 is 12.0 Å². The van der Waals surface area contributed by atoms with Crippen molar-refractivity contribution in [2.75, 3.05) is 14.2 Å². The van der Waals surface area contributed by atoms with Crippen molar-refractivity contribution < 1.29 is 19.4 Å². The zero-order valence-corrected chi connectivity index (χ0v) is 11.7. The summed E-state index contributed by atoms with van der Waals surface area (Å²) in [7, 11) is 2.94. The van der Waals surface area contributed by atoms with Gasteiger partial charge in [-0.3, -0.25) is 0 Å². The Morgan fingerprint density at radius 1 is 1.20 bits per heavy atom. The largest absolute Gasteiger partial charge is 0.481 e. The number of hydrogen-bond acceptors (Lipinski definition) is 6. The summed E-state index contributed by atoms with van der Waals surface area (Å²) in [6.07, 6.45) is 0. The molecule has 0 amide bonds. The topological polar surface area (TPSA) is 81.5 Å². The highest BCUT2D eigenvalue weighted by molar-refractivity contribution is 7.99. The monoisotopic (exact) mass is 292 g/mol. The first kappa shape index (κ1) is 14.1. The van der Waals surface area contributed by atoms with Crippen LogP contribution < -0.4 is 9.47 Å². The van der Waals surface area contributed by atoms with Gasteiger partial charge in [-0.05, 0) is 12.1 Å². The van der Waals surface area contributed by atoms with Gasteiger partial charge in [0.15, 0.2) is 0 Å². The fraction of sp³-hybridized carbons (Fsp3) is 0.154. The summed E-state index contributed by atoms with van der Waals surface area (Å²) in [6, 6.07) is 8.49. The van der Waals surface area contributed by atoms with Gasteiger partial charge in [0.2, 0.25) is 5.88 Å². The Morgan fingerprint density at radius 3 is 2.60 bits per heavy atom. The molecule has 1 N–H and O–H groups in total. The van der Waals surface area contributed by atoms with Crippen molar-refractivity contribution in [3.63, 3.8) is 0 Å². The van der Waals surface area contributed by atoms with Crippen LogP contribution in [0.2, 0.25) is 0 Å². The van der Waals surface area contributed by atoms with Crippen LogP contribution in [0.5, 0.6) is 11.9 Å². The fourth-order valence-electron chi connectivity index (χ4n) is 1.48. The Bertz CT molecular complexity index is 611. The molecule has 7 heteroatoms. The Labute approximate surface area is 119 Å². The van der Waals surface area contributed by atoms with E-state index in [0.717, 1.165) is 0 Å². The Kier molecular flexibility index (Phi) is 4.41. The molecular formula is C13H12N2O4S. The van der Waals surface area contributed by atoms with Gasteiger partial charge in [0.1, 0.15) is 5.03 Å². The van der Waals surface area contributed by atoms with Crippen LogP contribution in [0, 0.1) is 0 Å². The molecule has 2 rings (SSSR count). The van der Waals surface area contributed by atoms with Crippen LogP contribution in [0.25, 0.3) is 0 Å². The second-order valence-electron chi connectivity index (χ2n) is 3.64. The molecular weight excluding hydrogens is 280 g/mol. The van der Waals surface area contributed by atoms with Crippen molar-refractivity contribution in [2.24, 2.45) is 0 Å². The van der Waals surface area contributed by atoms with E-state index in [1.165, 1.54) is 26.0 Å². The first-order valence-electron chi connectivity index (χ1n) is 5.61. The van der Waals surface area contributed by atoms with Crippen molar-refractivity contribution in [1.29, 1.82) is 0 Å². The second-order valence-corrected chi connectivity index (χ2v) is 4.70. The third kappa shape index (κ3) is 3.18. The van der Waals surface area contributed by atoms with E-state index in [0.29, 0.717) is 15.8 Å². The number of nitrogens with zero attached hydrogens (tertiary/aromatic N) is 2. The van der Waals surface area contributed by atoms with Gasteiger partial charge in [-0.25, -0.2) is 4.79 Å². The van der Waals surface area contributed by atoms with Gasteiger partial charge in [0.25, 0.3) is 0 Å². The second kappa shape index (κ2) is 6.25. The minimum Gasteiger partial charge on any atom is -0.481 e. The molecule has 0 radical (unpaired) electrons. The molecule has 0 saturated heterocycles. The van der Waals surface area contributed by atoms with E-state index in [1.54, 1.807) is 30.3 Å². The molecule has 0 aliphatic rings. The Balaban J connectivity index is 2.37. The third-order valence-corrected chi connectivity index (χ3v) is 3.38. The molecule has 2 aromatic rings. The van der Waals surface area contributed by atoms with Crippen molar-refractivity contribution in [3.8, 4) is 11.9 Å². The summed E-state index contributed by atoms with van der Waals surface area (Å²) in [6.45, 7) is 0. The lowest BCUT2D eigenvalue weighted by molar-refractivity contribution is 0.0693. The van der Waals surface area contributed by atoms with Crippen LogP contribution in [0.3, 0.4) is 0 Å². The maximum Gasteiger partial charge on any atom is 0.336 e. The fourth-order valence-corrected chi connectivity index (χ4v) is 2.40. The smallest absolute Gasteiger partial charge is 0.336 e. The molecule has 0 atom stereocenters. The first-order valence-corrected chi connectivity index (χ1v) is 6.43. The molecule has 0 saturated carbocycles. The predicted octanol–water partition coefficient (Wildman–Crippen LogP) is 2.34. The van der Waals surface area contributed by atoms with Crippen LogP contribution in [0.15, 0.2) is 40.3 Å². The number of hydrogen-bond donors (Lipinski definition) is 1. The summed E-state index contributed by atoms with van der Waals surface area (Å²) in [5.41, 5.74) is 0.217. The molecule has 1 aromatic heterocycles. The molecule has 104 valence electrons. The number of carboxylic acid groups (broad SMARTS) is 1. The number of ether oxygens (including phenoxy) is 2. The summed E-state index contributed by atoms with van der Waals surface area (Å²) in [5, 5.41) is 9.69. The van der Waals surface area contributed by atoms with Gasteiger partial charge in [-0.1, -0.05) is 23.9 Å². The van der Waals surface area contributed by atoms with Crippen LogP contribution in [-0.4, -0.2) is 35.3 Å². The molecule has 0 aliphatic heterocycles. The van der Waals surface area contributed by atoms with Crippen molar-refractivity contribution in [1.82, 2.24) is 9.97 Å². The lowest BCUT2D eigenvalue weighted by atomic mass is 10.2. The van der Waals surface area contributed by atoms with E-state index in [9.17, 15) is 4.79 Å². The maximum atomic E-state index is 11.2. The summed E-state index contributed by atoms with van der Waals surface area (Å²) in [5.74, 6) is -0.631. The standard InChI is InChI=1S/C13H12N2O4S/c1-18-10-7-11(15-13(14-10)19-2)20-9-6-4-3-5-8(9)12(16)17/h3-7H,1-2H3,(H,16,17). The molecule has 0 aliphatic carbocycles. The van der Waals surface area contributed by atoms with Crippen molar-refractivity contribution >= 4 is 17.7 Å². The van der Waals surface area contributed by atoms with E-state index in [1.807, 2.05) is 0 Å². The normalized spacial score (nSPS) is 10.1. The SMILES string of the molecule is COc1cc(Sc2ccccc2C(=O)O)nc(OC)n1. The molecule has 0 spiro atoms. The molecule has 1 heterocycles. The van der Waals surface area contributed by atoms with Crippen LogP contribution in [0.1, 0.15) is 10.4 Å². The number of aromatic carboxylic acids is 1.